The molecule has 0 aromatic heterocycles. The molecule has 0 aliphatic carbocycles. The van der Waals surface area contributed by atoms with Crippen LogP contribution in [0.2, 0.25) is 0 Å². The van der Waals surface area contributed by atoms with Crippen LogP contribution in [0, 0.1) is 5.82 Å². The van der Waals surface area contributed by atoms with Crippen LogP contribution in [0.4, 0.5) is 14.9 Å². The lowest BCUT2D eigenvalue weighted by Gasteiger charge is -2.13. The van der Waals surface area contributed by atoms with Crippen LogP contribution in [0.1, 0.15) is 6.92 Å². The maximum Gasteiger partial charge on any atom is 0.414 e. The maximum absolute atomic E-state index is 13.7. The first kappa shape index (κ1) is 12.0. The van der Waals surface area contributed by atoms with E-state index in [1.807, 2.05) is 0 Å². The van der Waals surface area contributed by atoms with E-state index < -0.39 is 22.7 Å². The molecule has 1 saturated heterocycles. The first-order valence-corrected chi connectivity index (χ1v) is 6.57. The van der Waals surface area contributed by atoms with Gasteiger partial charge in [0.05, 0.1) is 27.9 Å². The number of hydrogen-bond acceptors (Lipinski definition) is 3. The monoisotopic (exact) mass is 257 g/mol. The van der Waals surface area contributed by atoms with E-state index in [4.69, 9.17) is 4.74 Å². The van der Waals surface area contributed by atoms with Gasteiger partial charge in [-0.15, -0.1) is 0 Å². The van der Waals surface area contributed by atoms with Gasteiger partial charge in [-0.05, 0) is 18.2 Å². The van der Waals surface area contributed by atoms with Gasteiger partial charge in [0, 0.05) is 5.75 Å². The summed E-state index contributed by atoms with van der Waals surface area (Å²) in [7, 11) is -1.33. The predicted octanol–water partition coefficient (Wildman–Crippen LogP) is 1.91. The van der Waals surface area contributed by atoms with E-state index in [2.05, 4.69) is 0 Å². The third kappa shape index (κ3) is 2.31. The van der Waals surface area contributed by atoms with Gasteiger partial charge in [-0.3, -0.25) is 9.11 Å². The lowest BCUT2D eigenvalue weighted by atomic mass is 10.3. The van der Waals surface area contributed by atoms with Crippen molar-refractivity contribution in [2.45, 2.75) is 11.8 Å². The van der Waals surface area contributed by atoms with E-state index in [-0.39, 0.29) is 4.90 Å². The smallest absolute Gasteiger partial charge is 0.414 e. The molecule has 6 heteroatoms. The number of rotatable bonds is 3. The number of benzene rings is 1. The summed E-state index contributed by atoms with van der Waals surface area (Å²) in [5, 5.41) is 0. The lowest BCUT2D eigenvalue weighted by molar-refractivity contribution is 0.181. The molecule has 0 N–H and O–H groups in total. The molecule has 1 fully saturated rings. The number of carbonyl (C=O) groups is 1. The van der Waals surface area contributed by atoms with Crippen molar-refractivity contribution >= 4 is 22.6 Å². The van der Waals surface area contributed by atoms with Gasteiger partial charge in [0.2, 0.25) is 0 Å². The molecule has 0 radical (unpaired) electrons. The van der Waals surface area contributed by atoms with Crippen LogP contribution in [0.25, 0.3) is 0 Å². The zero-order valence-electron chi connectivity index (χ0n) is 9.31. The molecule has 1 aliphatic rings. The molecule has 0 bridgehead atoms. The van der Waals surface area contributed by atoms with Crippen LogP contribution in [0.3, 0.4) is 0 Å². The fourth-order valence-electron chi connectivity index (χ4n) is 1.63. The number of cyclic esters (lactones) is 1. The van der Waals surface area contributed by atoms with Crippen LogP contribution in [-0.4, -0.2) is 29.2 Å². The molecule has 2 rings (SSSR count). The molecule has 1 unspecified atom stereocenters. The highest BCUT2D eigenvalue weighted by Gasteiger charge is 2.24. The van der Waals surface area contributed by atoms with Crippen molar-refractivity contribution in [3.8, 4) is 0 Å². The van der Waals surface area contributed by atoms with Gasteiger partial charge in [0.15, 0.2) is 0 Å². The summed E-state index contributed by atoms with van der Waals surface area (Å²) in [6.07, 6.45) is -0.478. The Morgan fingerprint density at radius 1 is 1.53 bits per heavy atom. The Morgan fingerprint density at radius 2 is 2.29 bits per heavy atom. The zero-order valence-corrected chi connectivity index (χ0v) is 10.1. The van der Waals surface area contributed by atoms with E-state index in [0.717, 1.165) is 0 Å². The highest BCUT2D eigenvalue weighted by atomic mass is 32.2. The number of hydrogen-bond donors (Lipinski definition) is 0. The quantitative estimate of drug-likeness (QED) is 0.831. The second-order valence-electron chi connectivity index (χ2n) is 3.51. The van der Waals surface area contributed by atoms with Crippen molar-refractivity contribution < 1.29 is 18.1 Å². The number of amides is 1. The van der Waals surface area contributed by atoms with Crippen LogP contribution in [0.15, 0.2) is 23.1 Å². The summed E-state index contributed by atoms with van der Waals surface area (Å²) in [5.74, 6) is -0.190. The largest absolute Gasteiger partial charge is 0.447 e. The molecular formula is C11H12FNO3S. The van der Waals surface area contributed by atoms with Crippen molar-refractivity contribution in [3.05, 3.63) is 24.0 Å². The first-order valence-electron chi connectivity index (χ1n) is 5.25. The number of ether oxygens (including phenoxy) is 1. The van der Waals surface area contributed by atoms with Crippen LogP contribution < -0.4 is 4.90 Å². The van der Waals surface area contributed by atoms with Crippen molar-refractivity contribution in [1.29, 1.82) is 0 Å². The topological polar surface area (TPSA) is 46.6 Å². The molecule has 0 spiro atoms. The Balaban J connectivity index is 2.30. The zero-order chi connectivity index (χ0) is 12.4. The first-order chi connectivity index (χ1) is 8.13. The minimum atomic E-state index is -1.33. The summed E-state index contributed by atoms with van der Waals surface area (Å²) < 4.78 is 30.0. The molecular weight excluding hydrogens is 245 g/mol. The van der Waals surface area contributed by atoms with Crippen molar-refractivity contribution in [3.63, 3.8) is 0 Å². The van der Waals surface area contributed by atoms with E-state index >= 15 is 0 Å². The Kier molecular flexibility index (Phi) is 3.42. The van der Waals surface area contributed by atoms with E-state index in [0.29, 0.717) is 24.6 Å². The summed E-state index contributed by atoms with van der Waals surface area (Å²) >= 11 is 0. The molecule has 0 saturated carbocycles. The van der Waals surface area contributed by atoms with Gasteiger partial charge in [-0.25, -0.2) is 9.18 Å². The summed E-state index contributed by atoms with van der Waals surface area (Å²) in [4.78, 5) is 12.8. The summed E-state index contributed by atoms with van der Waals surface area (Å²) in [6, 6.07) is 4.25. The van der Waals surface area contributed by atoms with Gasteiger partial charge in [-0.2, -0.15) is 0 Å². The number of nitrogens with zero attached hydrogens (tertiary/aromatic N) is 1. The number of carbonyl (C=O) groups excluding carboxylic acids is 1. The highest BCUT2D eigenvalue weighted by molar-refractivity contribution is 7.85. The van der Waals surface area contributed by atoms with Crippen molar-refractivity contribution in [2.75, 3.05) is 23.8 Å². The van der Waals surface area contributed by atoms with Crippen LogP contribution in [0.5, 0.6) is 0 Å². The third-order valence-electron chi connectivity index (χ3n) is 2.50. The Morgan fingerprint density at radius 3 is 2.82 bits per heavy atom. The molecule has 1 atom stereocenters. The Hall–Kier alpha value is -1.43. The van der Waals surface area contributed by atoms with Gasteiger partial charge in [0.1, 0.15) is 12.4 Å². The van der Waals surface area contributed by atoms with Gasteiger partial charge in [-0.1, -0.05) is 6.92 Å². The summed E-state index contributed by atoms with van der Waals surface area (Å²) in [5.41, 5.74) is 0.432. The maximum atomic E-state index is 13.7. The number of anilines is 1. The van der Waals surface area contributed by atoms with Crippen LogP contribution in [-0.2, 0) is 15.5 Å². The fourth-order valence-corrected chi connectivity index (χ4v) is 2.43. The molecule has 1 amide bonds. The Bertz CT molecular complexity index is 478. The average molecular weight is 257 g/mol. The van der Waals surface area contributed by atoms with E-state index in [1.165, 1.54) is 17.0 Å². The molecule has 4 nitrogen and oxygen atoms in total. The molecule has 17 heavy (non-hydrogen) atoms. The molecule has 92 valence electrons. The van der Waals surface area contributed by atoms with Gasteiger partial charge >= 0.3 is 6.09 Å². The standard InChI is InChI=1S/C11H12FNO3S/c1-2-17(15)10-4-3-8(7-9(10)12)13-5-6-16-11(13)14/h3-4,7H,2,5-6H2,1H3. The fraction of sp³-hybridized carbons (Fsp3) is 0.364. The van der Waals surface area contributed by atoms with E-state index in [9.17, 15) is 13.4 Å². The molecule has 1 aromatic rings. The molecule has 1 aromatic carbocycles. The van der Waals surface area contributed by atoms with E-state index in [1.54, 1.807) is 13.0 Å². The average Bonchev–Trinajstić information content (AvgIpc) is 2.74. The molecule has 1 aliphatic heterocycles. The third-order valence-corrected chi connectivity index (χ3v) is 3.84. The minimum Gasteiger partial charge on any atom is -0.447 e. The summed E-state index contributed by atoms with van der Waals surface area (Å²) in [6.45, 7) is 2.44. The normalized spacial score (nSPS) is 17.1. The second-order valence-corrected chi connectivity index (χ2v) is 5.22. The van der Waals surface area contributed by atoms with Crippen molar-refractivity contribution in [2.24, 2.45) is 0 Å². The van der Waals surface area contributed by atoms with Gasteiger partial charge < -0.3 is 4.74 Å². The highest BCUT2D eigenvalue weighted by Crippen LogP contribution is 2.23. The number of halogens is 1. The Labute approximate surface area is 101 Å². The minimum absolute atomic E-state index is 0.170. The predicted molar refractivity (Wildman–Crippen MR) is 62.0 cm³/mol. The SMILES string of the molecule is CCS(=O)c1ccc(N2CCOC2=O)cc1F. The van der Waals surface area contributed by atoms with Crippen LogP contribution >= 0.6 is 0 Å². The molecule has 1 heterocycles. The van der Waals surface area contributed by atoms with Gasteiger partial charge in [0.25, 0.3) is 0 Å². The van der Waals surface area contributed by atoms with Crippen molar-refractivity contribution in [1.82, 2.24) is 0 Å². The lowest BCUT2D eigenvalue weighted by Crippen LogP contribution is -2.23. The second kappa shape index (κ2) is 4.83.